The first kappa shape index (κ1) is 23.8. The van der Waals surface area contributed by atoms with E-state index >= 15 is 0 Å². The van der Waals surface area contributed by atoms with Gasteiger partial charge < -0.3 is 10.8 Å². The minimum atomic E-state index is -3.59. The summed E-state index contributed by atoms with van der Waals surface area (Å²) in [4.78, 5) is 12.0. The van der Waals surface area contributed by atoms with Gasteiger partial charge in [0, 0.05) is 6.42 Å². The van der Waals surface area contributed by atoms with Gasteiger partial charge in [-0.25, -0.2) is 13.2 Å². The first-order valence-corrected chi connectivity index (χ1v) is 11.8. The van der Waals surface area contributed by atoms with E-state index in [2.05, 4.69) is 49.8 Å². The van der Waals surface area contributed by atoms with Crippen LogP contribution in [0, 0.1) is 0 Å². The van der Waals surface area contributed by atoms with E-state index < -0.39 is 16.0 Å². The van der Waals surface area contributed by atoms with Crippen LogP contribution in [0.3, 0.4) is 0 Å². The molecule has 0 aromatic heterocycles. The molecular weight excluding hydrogens is 420 g/mol. The van der Waals surface area contributed by atoms with Crippen molar-refractivity contribution in [1.82, 2.24) is 0 Å². The molecule has 0 fully saturated rings. The number of hydrogen-bond donors (Lipinski definition) is 3. The van der Waals surface area contributed by atoms with Crippen LogP contribution in [0.1, 0.15) is 60.2 Å². The Morgan fingerprint density at radius 1 is 1.17 bits per heavy atom. The summed E-state index contributed by atoms with van der Waals surface area (Å²) in [5.74, 6) is -1.23. The summed E-state index contributed by atoms with van der Waals surface area (Å²) in [6.07, 6.45) is 1.98. The fraction of sp³-hybridized carbons (Fsp3) is 0.364. The smallest absolute Gasteiger partial charge is 0.337 e. The van der Waals surface area contributed by atoms with Crippen LogP contribution in [0.2, 0.25) is 0 Å². The number of hydrogen-bond acceptors (Lipinski definition) is 4. The maximum absolute atomic E-state index is 11.6. The molecule has 0 heterocycles. The molecule has 162 valence electrons. The molecule has 0 radical (unpaired) electrons. The van der Waals surface area contributed by atoms with Crippen molar-refractivity contribution in [3.63, 3.8) is 0 Å². The number of rotatable bonds is 8. The van der Waals surface area contributed by atoms with Crippen LogP contribution in [0.5, 0.6) is 0 Å². The summed E-state index contributed by atoms with van der Waals surface area (Å²) in [5.41, 5.74) is 8.82. The van der Waals surface area contributed by atoms with E-state index in [9.17, 15) is 18.3 Å². The maximum atomic E-state index is 11.6. The van der Waals surface area contributed by atoms with Gasteiger partial charge in [-0.05, 0) is 46.6 Å². The van der Waals surface area contributed by atoms with Crippen molar-refractivity contribution in [3.05, 3.63) is 64.7 Å². The number of nitrogens with one attached hydrogen (secondary N) is 1. The third kappa shape index (κ3) is 6.81. The Morgan fingerprint density at radius 2 is 1.77 bits per heavy atom. The second kappa shape index (κ2) is 9.14. The van der Waals surface area contributed by atoms with Gasteiger partial charge in [-0.15, -0.1) is 0 Å². The SMILES string of the molecule is CC(C)(C)c1ccc(C(CC(N)=S)Cc2ccc(NS(C)(=O)=O)c(C(=O)O)c2)cc1. The number of thiocarbonyl (C=S) groups is 1. The lowest BCUT2D eigenvalue weighted by Gasteiger charge is -2.22. The molecule has 0 bridgehead atoms. The quantitative estimate of drug-likeness (QED) is 0.526. The number of benzene rings is 2. The predicted molar refractivity (Wildman–Crippen MR) is 125 cm³/mol. The van der Waals surface area contributed by atoms with E-state index in [-0.39, 0.29) is 22.6 Å². The number of anilines is 1. The highest BCUT2D eigenvalue weighted by Gasteiger charge is 2.19. The van der Waals surface area contributed by atoms with Gasteiger partial charge in [-0.1, -0.05) is 63.3 Å². The fourth-order valence-corrected chi connectivity index (χ4v) is 4.05. The van der Waals surface area contributed by atoms with Crippen LogP contribution >= 0.6 is 12.2 Å². The zero-order valence-electron chi connectivity index (χ0n) is 17.6. The molecule has 1 unspecified atom stereocenters. The average Bonchev–Trinajstić information content (AvgIpc) is 2.60. The van der Waals surface area contributed by atoms with Crippen molar-refractivity contribution in [1.29, 1.82) is 0 Å². The molecule has 0 aliphatic rings. The lowest BCUT2D eigenvalue weighted by molar-refractivity contribution is 0.0698. The van der Waals surface area contributed by atoms with Crippen molar-refractivity contribution in [2.24, 2.45) is 5.73 Å². The Kier molecular flexibility index (Phi) is 7.26. The van der Waals surface area contributed by atoms with Gasteiger partial charge in [0.1, 0.15) is 0 Å². The van der Waals surface area contributed by atoms with Crippen LogP contribution in [0.15, 0.2) is 42.5 Å². The molecule has 1 atom stereocenters. The van der Waals surface area contributed by atoms with Crippen LogP contribution in [-0.2, 0) is 21.9 Å². The second-order valence-corrected chi connectivity index (χ2v) is 10.8. The van der Waals surface area contributed by atoms with Gasteiger partial charge in [0.2, 0.25) is 10.0 Å². The summed E-state index contributed by atoms with van der Waals surface area (Å²) in [6.45, 7) is 6.44. The Labute approximate surface area is 183 Å². The predicted octanol–water partition coefficient (Wildman–Crippen LogP) is 4.06. The molecule has 0 spiro atoms. The lowest BCUT2D eigenvalue weighted by Crippen LogP contribution is -2.17. The topological polar surface area (TPSA) is 109 Å². The molecule has 2 aromatic rings. The Morgan fingerprint density at radius 3 is 2.23 bits per heavy atom. The van der Waals surface area contributed by atoms with Gasteiger partial charge in [0.15, 0.2) is 0 Å². The molecule has 2 aromatic carbocycles. The van der Waals surface area contributed by atoms with Crippen LogP contribution < -0.4 is 10.5 Å². The van der Waals surface area contributed by atoms with Crippen molar-refractivity contribution in [2.75, 3.05) is 11.0 Å². The zero-order chi connectivity index (χ0) is 22.7. The number of carboxylic acids is 1. The second-order valence-electron chi connectivity index (χ2n) is 8.50. The first-order valence-electron chi connectivity index (χ1n) is 9.49. The van der Waals surface area contributed by atoms with E-state index in [0.717, 1.165) is 17.4 Å². The van der Waals surface area contributed by atoms with Crippen molar-refractivity contribution in [2.45, 2.75) is 44.9 Å². The number of aromatic carboxylic acids is 1. The highest BCUT2D eigenvalue weighted by Crippen LogP contribution is 2.29. The molecule has 4 N–H and O–H groups in total. The minimum Gasteiger partial charge on any atom is -0.478 e. The number of carbonyl (C=O) groups is 1. The molecule has 8 heteroatoms. The number of nitrogens with two attached hydrogens (primary N) is 1. The summed E-state index contributed by atoms with van der Waals surface area (Å²) < 4.78 is 25.3. The molecule has 6 nitrogen and oxygen atoms in total. The van der Waals surface area contributed by atoms with E-state index in [4.69, 9.17) is 18.0 Å². The third-order valence-corrected chi connectivity index (χ3v) is 5.54. The van der Waals surface area contributed by atoms with Crippen LogP contribution in [0.25, 0.3) is 0 Å². The normalized spacial score (nSPS) is 12.9. The largest absolute Gasteiger partial charge is 0.478 e. The molecule has 0 aliphatic heterocycles. The fourth-order valence-electron chi connectivity index (χ4n) is 3.27. The van der Waals surface area contributed by atoms with Crippen molar-refractivity contribution < 1.29 is 18.3 Å². The molecule has 0 aliphatic carbocycles. The van der Waals surface area contributed by atoms with E-state index in [1.807, 2.05) is 0 Å². The molecular formula is C22H28N2O4S2. The molecule has 30 heavy (non-hydrogen) atoms. The summed E-state index contributed by atoms with van der Waals surface area (Å²) in [5, 5.41) is 9.51. The van der Waals surface area contributed by atoms with Crippen LogP contribution in [-0.4, -0.2) is 30.7 Å². The molecule has 0 amide bonds. The molecule has 2 rings (SSSR count). The van der Waals surface area contributed by atoms with E-state index in [1.54, 1.807) is 6.07 Å². The Hall–Kier alpha value is -2.45. The molecule has 0 saturated carbocycles. The number of sulfonamides is 1. The Balaban J connectivity index is 2.37. The zero-order valence-corrected chi connectivity index (χ0v) is 19.2. The monoisotopic (exact) mass is 448 g/mol. The first-order chi connectivity index (χ1) is 13.8. The lowest BCUT2D eigenvalue weighted by atomic mass is 9.83. The van der Waals surface area contributed by atoms with E-state index in [0.29, 0.717) is 17.8 Å². The average molecular weight is 449 g/mol. The van der Waals surface area contributed by atoms with Gasteiger partial charge in [0.25, 0.3) is 0 Å². The van der Waals surface area contributed by atoms with Crippen LogP contribution in [0.4, 0.5) is 5.69 Å². The van der Waals surface area contributed by atoms with E-state index in [1.165, 1.54) is 17.7 Å². The highest BCUT2D eigenvalue weighted by molar-refractivity contribution is 7.92. The summed E-state index contributed by atoms with van der Waals surface area (Å²) >= 11 is 5.13. The van der Waals surface area contributed by atoms with Crippen molar-refractivity contribution >= 4 is 38.9 Å². The van der Waals surface area contributed by atoms with Crippen molar-refractivity contribution in [3.8, 4) is 0 Å². The van der Waals surface area contributed by atoms with Gasteiger partial charge >= 0.3 is 5.97 Å². The summed E-state index contributed by atoms with van der Waals surface area (Å²) in [7, 11) is -3.59. The molecule has 0 saturated heterocycles. The maximum Gasteiger partial charge on any atom is 0.337 e. The van der Waals surface area contributed by atoms with Gasteiger partial charge in [0.05, 0.1) is 22.5 Å². The summed E-state index contributed by atoms with van der Waals surface area (Å²) in [6, 6.07) is 13.0. The minimum absolute atomic E-state index is 0.0214. The Bertz CT molecular complexity index is 1040. The third-order valence-electron chi connectivity index (χ3n) is 4.79. The van der Waals surface area contributed by atoms with Gasteiger partial charge in [-0.2, -0.15) is 0 Å². The van der Waals surface area contributed by atoms with Gasteiger partial charge in [-0.3, -0.25) is 4.72 Å². The standard InChI is InChI=1S/C22H28N2O4S2/c1-22(2,3)17-8-6-15(7-9-17)16(13-20(23)29)11-14-5-10-19(24-30(4,27)28)18(12-14)21(25)26/h5-10,12,16,24H,11,13H2,1-4H3,(H2,23,29)(H,25,26). The highest BCUT2D eigenvalue weighted by atomic mass is 32.2. The number of carboxylic acid groups (broad SMARTS) is 1.